The van der Waals surface area contributed by atoms with Gasteiger partial charge in [-0.2, -0.15) is 0 Å². The molecule has 0 heterocycles. The van der Waals surface area contributed by atoms with Gasteiger partial charge >= 0.3 is 0 Å². The van der Waals surface area contributed by atoms with Gasteiger partial charge in [0.1, 0.15) is 0 Å². The van der Waals surface area contributed by atoms with E-state index in [1.165, 1.54) is 25.0 Å². The Balaban J connectivity index is 1.32. The first-order chi connectivity index (χ1) is 11.6. The minimum absolute atomic E-state index is 0.164. The summed E-state index contributed by atoms with van der Waals surface area (Å²) in [6.45, 7) is 0.164. The van der Waals surface area contributed by atoms with Gasteiger partial charge in [0, 0.05) is 6.07 Å². The van der Waals surface area contributed by atoms with Gasteiger partial charge in [-0.15, -0.1) is 0 Å². The minimum Gasteiger partial charge on any atom is -0.373 e. The number of rotatable bonds is 5. The predicted molar refractivity (Wildman–Crippen MR) is 83.1 cm³/mol. The van der Waals surface area contributed by atoms with Gasteiger partial charge in [0.25, 0.3) is 11.4 Å². The lowest BCUT2D eigenvalue weighted by molar-refractivity contribution is -0.394. The topological polar surface area (TPSA) is 95.5 Å². The Labute approximate surface area is 138 Å². The molecule has 0 aromatic heterocycles. The van der Waals surface area contributed by atoms with Crippen molar-refractivity contribution in [3.63, 3.8) is 0 Å². The molecule has 0 bridgehead atoms. The molecule has 7 nitrogen and oxygen atoms in total. The van der Waals surface area contributed by atoms with E-state index in [2.05, 4.69) is 0 Å². The highest BCUT2D eigenvalue weighted by atomic mass is 16.6. The second kappa shape index (κ2) is 4.75. The van der Waals surface area contributed by atoms with E-state index in [4.69, 9.17) is 4.74 Å². The lowest BCUT2D eigenvalue weighted by Crippen LogP contribution is -2.57. The zero-order chi connectivity index (χ0) is 16.6. The molecule has 0 amide bonds. The van der Waals surface area contributed by atoms with E-state index in [0.717, 1.165) is 42.1 Å². The van der Waals surface area contributed by atoms with Crippen LogP contribution in [0.5, 0.6) is 0 Å². The zero-order valence-corrected chi connectivity index (χ0v) is 13.0. The van der Waals surface area contributed by atoms with Gasteiger partial charge < -0.3 is 4.74 Å². The van der Waals surface area contributed by atoms with Crippen LogP contribution in [0.15, 0.2) is 18.2 Å². The normalized spacial score (nSPS) is 40.6. The number of nitro groups is 2. The van der Waals surface area contributed by atoms with Crippen LogP contribution >= 0.6 is 0 Å². The van der Waals surface area contributed by atoms with Crippen molar-refractivity contribution in [3.05, 3.63) is 44.0 Å². The molecule has 0 aliphatic heterocycles. The van der Waals surface area contributed by atoms with Crippen molar-refractivity contribution in [2.24, 2.45) is 35.5 Å². The smallest absolute Gasteiger partial charge is 0.281 e. The van der Waals surface area contributed by atoms with E-state index < -0.39 is 9.85 Å². The standard InChI is InChI=1S/C17H18N2O5/c20-18(21)9-2-1-8(13(5-9)19(22)23)7-24-14-6-12-10-3-4-11-15(10)17(12)16(11)14/h1-2,5,10-12,14-17H,3-4,6-7H2/t10-,11+,12+,14+,15+,16-,17+/m0/s1. The number of non-ortho nitro benzene ring substituents is 1. The highest BCUT2D eigenvalue weighted by molar-refractivity contribution is 5.48. The fourth-order valence-electron chi connectivity index (χ4n) is 6.33. The Morgan fingerprint density at radius 3 is 2.54 bits per heavy atom. The van der Waals surface area contributed by atoms with Crippen molar-refractivity contribution in [3.8, 4) is 0 Å². The van der Waals surface area contributed by atoms with Crippen molar-refractivity contribution < 1.29 is 14.6 Å². The van der Waals surface area contributed by atoms with Gasteiger partial charge in [-0.05, 0) is 60.8 Å². The molecule has 7 atom stereocenters. The Kier molecular flexibility index (Phi) is 2.84. The predicted octanol–water partition coefficient (Wildman–Crippen LogP) is 3.31. The summed E-state index contributed by atoms with van der Waals surface area (Å²) in [5.41, 5.74) is -0.0624. The maximum atomic E-state index is 11.2. The van der Waals surface area contributed by atoms with Gasteiger partial charge in [0.15, 0.2) is 0 Å². The molecular weight excluding hydrogens is 312 g/mol. The first kappa shape index (κ1) is 14.3. The summed E-state index contributed by atoms with van der Waals surface area (Å²) in [5.74, 6) is 4.99. The Hall–Kier alpha value is -2.02. The van der Waals surface area contributed by atoms with E-state index in [1.54, 1.807) is 0 Å². The molecule has 4 aliphatic carbocycles. The molecule has 4 saturated carbocycles. The van der Waals surface area contributed by atoms with Crippen LogP contribution in [-0.4, -0.2) is 16.0 Å². The molecule has 1 aromatic rings. The average molecular weight is 330 g/mol. The van der Waals surface area contributed by atoms with Gasteiger partial charge in [0.2, 0.25) is 0 Å². The molecule has 0 unspecified atom stereocenters. The van der Waals surface area contributed by atoms with E-state index in [1.807, 2.05) is 0 Å². The lowest BCUT2D eigenvalue weighted by Gasteiger charge is -2.60. The number of fused-ring (bicyclic) bond motifs is 2. The third-order valence-corrected chi connectivity index (χ3v) is 7.11. The minimum atomic E-state index is -0.614. The number of nitro benzene ring substituents is 2. The van der Waals surface area contributed by atoms with Crippen LogP contribution in [0.1, 0.15) is 24.8 Å². The van der Waals surface area contributed by atoms with Crippen LogP contribution < -0.4 is 0 Å². The third kappa shape index (κ3) is 1.70. The molecule has 0 saturated heterocycles. The second-order valence-electron chi connectivity index (χ2n) is 7.71. The molecule has 0 radical (unpaired) electrons. The quantitative estimate of drug-likeness (QED) is 0.609. The number of ether oxygens (including phenoxy) is 1. The van der Waals surface area contributed by atoms with Crippen molar-refractivity contribution >= 4 is 11.4 Å². The van der Waals surface area contributed by atoms with Crippen LogP contribution in [-0.2, 0) is 11.3 Å². The van der Waals surface area contributed by atoms with Crippen molar-refractivity contribution in [1.82, 2.24) is 0 Å². The summed E-state index contributed by atoms with van der Waals surface area (Å²) < 4.78 is 6.09. The molecule has 0 spiro atoms. The summed E-state index contributed by atoms with van der Waals surface area (Å²) in [7, 11) is 0. The summed E-state index contributed by atoms with van der Waals surface area (Å²) >= 11 is 0. The van der Waals surface area contributed by atoms with E-state index in [-0.39, 0.29) is 24.1 Å². The molecular formula is C17H18N2O5. The number of hydrogen-bond donors (Lipinski definition) is 0. The Bertz CT molecular complexity index is 740. The van der Waals surface area contributed by atoms with Crippen LogP contribution in [0.4, 0.5) is 11.4 Å². The van der Waals surface area contributed by atoms with E-state index >= 15 is 0 Å². The summed E-state index contributed by atoms with van der Waals surface area (Å²) in [4.78, 5) is 20.8. The Morgan fingerprint density at radius 1 is 1.00 bits per heavy atom. The molecule has 7 heteroatoms. The van der Waals surface area contributed by atoms with Gasteiger partial charge in [-0.25, -0.2) is 0 Å². The fourth-order valence-corrected chi connectivity index (χ4v) is 6.33. The zero-order valence-electron chi connectivity index (χ0n) is 13.0. The first-order valence-corrected chi connectivity index (χ1v) is 8.59. The van der Waals surface area contributed by atoms with Crippen molar-refractivity contribution in [2.45, 2.75) is 32.0 Å². The summed E-state index contributed by atoms with van der Waals surface area (Å²) in [6, 6.07) is 3.79. The first-order valence-electron chi connectivity index (χ1n) is 8.59. The molecule has 4 aliphatic rings. The molecule has 5 rings (SSSR count). The maximum Gasteiger partial charge on any atom is 0.281 e. The SMILES string of the molecule is O=[N+]([O-])c1ccc(CO[C@@H]2C[C@@H]3[C@@H]4CC[C@@H]5[C@@H]4[C@@H]3[C@@H]52)c([N+](=O)[O-])c1. The molecule has 1 aromatic carbocycles. The number of hydrogen-bond acceptors (Lipinski definition) is 5. The Morgan fingerprint density at radius 2 is 1.79 bits per heavy atom. The average Bonchev–Trinajstić information content (AvgIpc) is 2.81. The van der Waals surface area contributed by atoms with Crippen LogP contribution in [0.3, 0.4) is 0 Å². The van der Waals surface area contributed by atoms with Crippen LogP contribution in [0.2, 0.25) is 0 Å². The van der Waals surface area contributed by atoms with E-state index in [9.17, 15) is 20.2 Å². The maximum absolute atomic E-state index is 11.2. The fraction of sp³-hybridized carbons (Fsp3) is 0.647. The molecule has 0 N–H and O–H groups in total. The monoisotopic (exact) mass is 330 g/mol. The number of benzene rings is 1. The van der Waals surface area contributed by atoms with Gasteiger partial charge in [-0.3, -0.25) is 20.2 Å². The molecule has 24 heavy (non-hydrogen) atoms. The van der Waals surface area contributed by atoms with Gasteiger partial charge in [-0.1, -0.05) is 0 Å². The highest BCUT2D eigenvalue weighted by Gasteiger charge is 2.73. The molecule has 126 valence electrons. The van der Waals surface area contributed by atoms with E-state index in [0.29, 0.717) is 11.5 Å². The van der Waals surface area contributed by atoms with Crippen LogP contribution in [0.25, 0.3) is 0 Å². The second-order valence-corrected chi connectivity index (χ2v) is 7.71. The lowest BCUT2D eigenvalue weighted by atomic mass is 9.45. The number of nitrogens with zero attached hydrogens (tertiary/aromatic N) is 2. The highest BCUT2D eigenvalue weighted by Crippen LogP contribution is 2.77. The van der Waals surface area contributed by atoms with Crippen molar-refractivity contribution in [1.29, 1.82) is 0 Å². The van der Waals surface area contributed by atoms with Crippen LogP contribution in [0, 0.1) is 55.7 Å². The molecule has 4 fully saturated rings. The largest absolute Gasteiger partial charge is 0.373 e. The summed E-state index contributed by atoms with van der Waals surface area (Å²) in [5, 5.41) is 22.0. The third-order valence-electron chi connectivity index (χ3n) is 7.11. The van der Waals surface area contributed by atoms with Gasteiger partial charge in [0.05, 0.1) is 34.2 Å². The van der Waals surface area contributed by atoms with Crippen molar-refractivity contribution in [2.75, 3.05) is 0 Å². The summed E-state index contributed by atoms with van der Waals surface area (Å²) in [6.07, 6.45) is 4.01.